The van der Waals surface area contributed by atoms with E-state index in [2.05, 4.69) is 23.6 Å². The van der Waals surface area contributed by atoms with Crippen LogP contribution in [0.5, 0.6) is 0 Å². The third kappa shape index (κ3) is 2.09. The smallest absolute Gasteiger partial charge is 0.230 e. The molecule has 0 saturated carbocycles. The predicted octanol–water partition coefficient (Wildman–Crippen LogP) is 1.72. The van der Waals surface area contributed by atoms with Crippen LogP contribution < -0.4 is 10.6 Å². The zero-order valence-corrected chi connectivity index (χ0v) is 9.84. The summed E-state index contributed by atoms with van der Waals surface area (Å²) >= 11 is 0. The zero-order valence-electron chi connectivity index (χ0n) is 9.84. The highest BCUT2D eigenvalue weighted by Crippen LogP contribution is 2.22. The van der Waals surface area contributed by atoms with Gasteiger partial charge in [0.15, 0.2) is 0 Å². The van der Waals surface area contributed by atoms with Crippen molar-refractivity contribution in [2.75, 3.05) is 18.4 Å². The molecule has 1 fully saturated rings. The second kappa shape index (κ2) is 4.66. The lowest BCUT2D eigenvalue weighted by Crippen LogP contribution is -2.48. The van der Waals surface area contributed by atoms with Gasteiger partial charge in [-0.2, -0.15) is 0 Å². The van der Waals surface area contributed by atoms with Gasteiger partial charge in [-0.3, -0.25) is 4.79 Å². The second-order valence-electron chi connectivity index (χ2n) is 4.31. The molecule has 1 aliphatic rings. The maximum atomic E-state index is 11.9. The lowest BCUT2D eigenvalue weighted by Gasteiger charge is -2.26. The number of amides is 1. The van der Waals surface area contributed by atoms with Crippen molar-refractivity contribution in [3.63, 3.8) is 0 Å². The fraction of sp³-hybridized carbons (Fsp3) is 0.462. The first-order valence-corrected chi connectivity index (χ1v) is 5.82. The van der Waals surface area contributed by atoms with Gasteiger partial charge in [0.2, 0.25) is 5.91 Å². The van der Waals surface area contributed by atoms with Gasteiger partial charge in [0.05, 0.1) is 5.92 Å². The van der Waals surface area contributed by atoms with E-state index in [1.54, 1.807) is 0 Å². The molecule has 2 N–H and O–H groups in total. The molecule has 0 spiro atoms. The summed E-state index contributed by atoms with van der Waals surface area (Å²) in [6.07, 6.45) is 0.945. The summed E-state index contributed by atoms with van der Waals surface area (Å²) in [6, 6.07) is 6.14. The highest BCUT2D eigenvalue weighted by Gasteiger charge is 2.25. The van der Waals surface area contributed by atoms with Gasteiger partial charge in [-0.25, -0.2) is 0 Å². The molecule has 1 aromatic carbocycles. The quantitative estimate of drug-likeness (QED) is 0.811. The topological polar surface area (TPSA) is 41.1 Å². The van der Waals surface area contributed by atoms with Gasteiger partial charge in [0, 0.05) is 18.8 Å². The van der Waals surface area contributed by atoms with Crippen LogP contribution in [0, 0.1) is 12.8 Å². The van der Waals surface area contributed by atoms with Gasteiger partial charge in [0.1, 0.15) is 0 Å². The second-order valence-corrected chi connectivity index (χ2v) is 4.31. The molecule has 16 heavy (non-hydrogen) atoms. The van der Waals surface area contributed by atoms with Crippen LogP contribution in [0.1, 0.15) is 18.1 Å². The van der Waals surface area contributed by atoms with Crippen molar-refractivity contribution in [1.29, 1.82) is 0 Å². The van der Waals surface area contributed by atoms with Crippen LogP contribution in [0.4, 0.5) is 5.69 Å². The molecule has 1 heterocycles. The summed E-state index contributed by atoms with van der Waals surface area (Å²) in [5.74, 6) is 0.284. The molecule has 1 aromatic rings. The van der Waals surface area contributed by atoms with Gasteiger partial charge >= 0.3 is 0 Å². The van der Waals surface area contributed by atoms with Gasteiger partial charge in [-0.15, -0.1) is 0 Å². The number of nitrogens with one attached hydrogen (secondary N) is 2. The Morgan fingerprint density at radius 2 is 2.25 bits per heavy atom. The number of para-hydroxylation sites is 1. The Labute approximate surface area is 96.2 Å². The van der Waals surface area contributed by atoms with Crippen LogP contribution >= 0.6 is 0 Å². The minimum atomic E-state index is 0.141. The Balaban J connectivity index is 2.15. The largest absolute Gasteiger partial charge is 0.325 e. The Morgan fingerprint density at radius 3 is 2.81 bits per heavy atom. The number of benzene rings is 1. The van der Waals surface area contributed by atoms with Crippen molar-refractivity contribution in [2.24, 2.45) is 5.92 Å². The number of carbonyl (C=O) groups excluding carboxylic acids is 1. The normalized spacial score (nSPS) is 15.6. The lowest BCUT2D eigenvalue weighted by molar-refractivity contribution is -0.121. The number of anilines is 1. The molecule has 3 heteroatoms. The van der Waals surface area contributed by atoms with Crippen molar-refractivity contribution in [2.45, 2.75) is 20.3 Å². The van der Waals surface area contributed by atoms with Crippen LogP contribution in [0.2, 0.25) is 0 Å². The summed E-state index contributed by atoms with van der Waals surface area (Å²) in [6.45, 7) is 5.75. The Hall–Kier alpha value is -1.35. The standard InChI is InChI=1S/C13H18N2O/c1-3-10-6-4-5-9(2)12(10)15-13(16)11-7-14-8-11/h4-6,11,14H,3,7-8H2,1-2H3,(H,15,16). The van der Waals surface area contributed by atoms with Gasteiger partial charge in [-0.05, 0) is 24.5 Å². The first-order chi connectivity index (χ1) is 7.72. The van der Waals surface area contributed by atoms with E-state index in [-0.39, 0.29) is 11.8 Å². The Kier molecular flexibility index (Phi) is 3.25. The summed E-state index contributed by atoms with van der Waals surface area (Å²) in [5, 5.41) is 6.16. The minimum absolute atomic E-state index is 0.141. The number of rotatable bonds is 3. The van der Waals surface area contributed by atoms with E-state index in [0.717, 1.165) is 30.8 Å². The molecule has 0 bridgehead atoms. The molecule has 0 aromatic heterocycles. The number of aryl methyl sites for hydroxylation is 2. The van der Waals surface area contributed by atoms with E-state index in [4.69, 9.17) is 0 Å². The molecular weight excluding hydrogens is 200 g/mol. The molecule has 0 unspecified atom stereocenters. The van der Waals surface area contributed by atoms with E-state index >= 15 is 0 Å². The summed E-state index contributed by atoms with van der Waals surface area (Å²) in [7, 11) is 0. The van der Waals surface area contributed by atoms with Crippen LogP contribution in [0.25, 0.3) is 0 Å². The summed E-state index contributed by atoms with van der Waals surface area (Å²) in [5.41, 5.74) is 3.35. The zero-order chi connectivity index (χ0) is 11.5. The maximum absolute atomic E-state index is 11.9. The third-order valence-corrected chi connectivity index (χ3v) is 3.14. The van der Waals surface area contributed by atoms with Crippen molar-refractivity contribution in [1.82, 2.24) is 5.32 Å². The van der Waals surface area contributed by atoms with E-state index in [9.17, 15) is 4.79 Å². The first-order valence-electron chi connectivity index (χ1n) is 5.82. The molecule has 0 atom stereocenters. The molecule has 1 saturated heterocycles. The van der Waals surface area contributed by atoms with Crippen molar-refractivity contribution >= 4 is 11.6 Å². The van der Waals surface area contributed by atoms with Crippen LogP contribution in [-0.2, 0) is 11.2 Å². The first kappa shape index (κ1) is 11.1. The van der Waals surface area contributed by atoms with Gasteiger partial charge < -0.3 is 10.6 Å². The summed E-state index contributed by atoms with van der Waals surface area (Å²) in [4.78, 5) is 11.9. The highest BCUT2D eigenvalue weighted by atomic mass is 16.2. The summed E-state index contributed by atoms with van der Waals surface area (Å²) < 4.78 is 0. The van der Waals surface area contributed by atoms with Gasteiger partial charge in [-0.1, -0.05) is 25.1 Å². The Morgan fingerprint density at radius 1 is 1.50 bits per heavy atom. The minimum Gasteiger partial charge on any atom is -0.325 e. The van der Waals surface area contributed by atoms with E-state index in [1.165, 1.54) is 5.56 Å². The van der Waals surface area contributed by atoms with E-state index < -0.39 is 0 Å². The SMILES string of the molecule is CCc1cccc(C)c1NC(=O)C1CNC1. The maximum Gasteiger partial charge on any atom is 0.230 e. The van der Waals surface area contributed by atoms with Crippen LogP contribution in [0.3, 0.4) is 0 Å². The fourth-order valence-electron chi connectivity index (χ4n) is 1.90. The molecule has 1 aliphatic heterocycles. The highest BCUT2D eigenvalue weighted by molar-refractivity contribution is 5.94. The molecule has 1 amide bonds. The number of carbonyl (C=O) groups is 1. The van der Waals surface area contributed by atoms with Crippen LogP contribution in [-0.4, -0.2) is 19.0 Å². The molecule has 3 nitrogen and oxygen atoms in total. The molecule has 0 radical (unpaired) electrons. The third-order valence-electron chi connectivity index (χ3n) is 3.14. The van der Waals surface area contributed by atoms with Gasteiger partial charge in [0.25, 0.3) is 0 Å². The average Bonchev–Trinajstić information content (AvgIpc) is 2.18. The molecule has 0 aliphatic carbocycles. The monoisotopic (exact) mass is 218 g/mol. The van der Waals surface area contributed by atoms with E-state index in [1.807, 2.05) is 19.1 Å². The van der Waals surface area contributed by atoms with Crippen molar-refractivity contribution in [3.05, 3.63) is 29.3 Å². The molecule has 2 rings (SSSR count). The van der Waals surface area contributed by atoms with E-state index in [0.29, 0.717) is 0 Å². The predicted molar refractivity (Wildman–Crippen MR) is 65.5 cm³/mol. The molecular formula is C13H18N2O. The lowest BCUT2D eigenvalue weighted by atomic mass is 10.0. The Bertz CT molecular complexity index is 397. The fourth-order valence-corrected chi connectivity index (χ4v) is 1.90. The van der Waals surface area contributed by atoms with Crippen molar-refractivity contribution < 1.29 is 4.79 Å². The average molecular weight is 218 g/mol. The van der Waals surface area contributed by atoms with Crippen molar-refractivity contribution in [3.8, 4) is 0 Å². The molecule has 86 valence electrons. The number of hydrogen-bond acceptors (Lipinski definition) is 2. The number of hydrogen-bond donors (Lipinski definition) is 2. The van der Waals surface area contributed by atoms with Crippen LogP contribution in [0.15, 0.2) is 18.2 Å².